The van der Waals surface area contributed by atoms with Crippen molar-refractivity contribution in [3.63, 3.8) is 0 Å². The number of amides is 1. The summed E-state index contributed by atoms with van der Waals surface area (Å²) in [5.41, 5.74) is 3.40. The van der Waals surface area contributed by atoms with Crippen LogP contribution in [0.5, 0.6) is 0 Å². The van der Waals surface area contributed by atoms with Crippen LogP contribution in [-0.2, 0) is 43.6 Å². The summed E-state index contributed by atoms with van der Waals surface area (Å²) in [7, 11) is 0. The highest BCUT2D eigenvalue weighted by molar-refractivity contribution is 5.88. The summed E-state index contributed by atoms with van der Waals surface area (Å²) in [4.78, 5) is 56.5. The summed E-state index contributed by atoms with van der Waals surface area (Å²) in [6.07, 6.45) is 2.21. The number of carbonyl (C=O) groups is 3. The van der Waals surface area contributed by atoms with Gasteiger partial charge in [-0.25, -0.2) is 9.78 Å². The molecule has 4 heterocycles. The third kappa shape index (κ3) is 6.17. The van der Waals surface area contributed by atoms with Crippen molar-refractivity contribution in [3.05, 3.63) is 63.4 Å². The summed E-state index contributed by atoms with van der Waals surface area (Å²) in [5.74, 6) is -1.10. The fraction of sp³-hybridized carbons (Fsp3) is 0.452. The van der Waals surface area contributed by atoms with Gasteiger partial charge in [0, 0.05) is 22.9 Å². The van der Waals surface area contributed by atoms with Crippen LogP contribution in [0.25, 0.3) is 22.3 Å². The molecule has 0 spiro atoms. The molecule has 2 aliphatic heterocycles. The van der Waals surface area contributed by atoms with Crippen LogP contribution in [0, 0.1) is 5.92 Å². The first kappa shape index (κ1) is 28.5. The molecule has 2 atom stereocenters. The maximum absolute atomic E-state index is 13.7. The van der Waals surface area contributed by atoms with Crippen molar-refractivity contribution in [2.45, 2.75) is 78.3 Å². The Bertz CT molecular complexity index is 1540. The van der Waals surface area contributed by atoms with E-state index in [2.05, 4.69) is 10.6 Å². The van der Waals surface area contributed by atoms with Gasteiger partial charge in [0.05, 0.1) is 35.1 Å². The summed E-state index contributed by atoms with van der Waals surface area (Å²) in [6.45, 7) is 6.28. The second-order valence-electron chi connectivity index (χ2n) is 11.1. The predicted octanol–water partition coefficient (Wildman–Crippen LogP) is 3.20. The normalized spacial score (nSPS) is 16.3. The van der Waals surface area contributed by atoms with Crippen molar-refractivity contribution in [1.82, 2.24) is 20.2 Å². The molecule has 0 radical (unpaired) electrons. The van der Waals surface area contributed by atoms with Crippen LogP contribution in [-0.4, -0.2) is 46.0 Å². The summed E-state index contributed by atoms with van der Waals surface area (Å²) < 4.78 is 12.7. The van der Waals surface area contributed by atoms with Crippen molar-refractivity contribution >= 4 is 28.7 Å². The van der Waals surface area contributed by atoms with Crippen LogP contribution in [0.15, 0.2) is 41.2 Å². The number of carbonyl (C=O) groups excluding carboxylic acids is 3. The zero-order chi connectivity index (χ0) is 29.1. The molecule has 2 aromatic heterocycles. The molecule has 2 aliphatic rings. The topological polar surface area (TPSA) is 129 Å². The number of nitrogens with one attached hydrogen (secondary N) is 2. The van der Waals surface area contributed by atoms with Gasteiger partial charge >= 0.3 is 11.9 Å². The van der Waals surface area contributed by atoms with Crippen molar-refractivity contribution in [2.75, 3.05) is 6.54 Å². The highest BCUT2D eigenvalue weighted by atomic mass is 16.5. The van der Waals surface area contributed by atoms with Crippen molar-refractivity contribution in [1.29, 1.82) is 0 Å². The van der Waals surface area contributed by atoms with Gasteiger partial charge in [-0.15, -0.1) is 0 Å². The molecule has 10 heteroatoms. The number of aromatic nitrogens is 2. The number of rotatable bonds is 10. The van der Waals surface area contributed by atoms with E-state index in [9.17, 15) is 19.2 Å². The van der Waals surface area contributed by atoms with Gasteiger partial charge in [-0.1, -0.05) is 39.0 Å². The van der Waals surface area contributed by atoms with E-state index in [1.54, 1.807) is 17.6 Å². The van der Waals surface area contributed by atoms with E-state index in [0.717, 1.165) is 35.9 Å². The fourth-order valence-corrected chi connectivity index (χ4v) is 5.42. The number of esters is 2. The third-order valence-corrected chi connectivity index (χ3v) is 7.59. The molecule has 2 N–H and O–H groups in total. The van der Waals surface area contributed by atoms with Crippen LogP contribution in [0.1, 0.15) is 63.1 Å². The van der Waals surface area contributed by atoms with Gasteiger partial charge < -0.3 is 24.7 Å². The molecule has 216 valence electrons. The van der Waals surface area contributed by atoms with Crippen molar-refractivity contribution < 1.29 is 23.9 Å². The fourth-order valence-electron chi connectivity index (χ4n) is 5.42. The van der Waals surface area contributed by atoms with Gasteiger partial charge in [-0.2, -0.15) is 0 Å². The van der Waals surface area contributed by atoms with Crippen molar-refractivity contribution in [3.8, 4) is 11.4 Å². The molecule has 0 saturated carbocycles. The SMILES string of the molecule is CCC(=O)OCc1c(COC(=O)[C@H](CC(C)C)NC(=O)[C@@H]2CCCN2)cc2n(c1=O)Cc1cc3ccccc3nc1-2. The lowest BCUT2D eigenvalue weighted by molar-refractivity contribution is -0.150. The minimum Gasteiger partial charge on any atom is -0.461 e. The monoisotopic (exact) mass is 560 g/mol. The smallest absolute Gasteiger partial charge is 0.328 e. The Morgan fingerprint density at radius 1 is 1.15 bits per heavy atom. The molecule has 1 fully saturated rings. The Morgan fingerprint density at radius 3 is 2.68 bits per heavy atom. The van der Waals surface area contributed by atoms with Gasteiger partial charge in [0.2, 0.25) is 5.91 Å². The quantitative estimate of drug-likeness (QED) is 0.283. The van der Waals surface area contributed by atoms with Gasteiger partial charge in [0.1, 0.15) is 19.3 Å². The van der Waals surface area contributed by atoms with E-state index in [1.165, 1.54) is 0 Å². The van der Waals surface area contributed by atoms with Crippen molar-refractivity contribution in [2.24, 2.45) is 5.92 Å². The van der Waals surface area contributed by atoms with Crippen LogP contribution >= 0.6 is 0 Å². The molecular weight excluding hydrogens is 524 g/mol. The maximum Gasteiger partial charge on any atom is 0.328 e. The summed E-state index contributed by atoms with van der Waals surface area (Å²) in [5, 5.41) is 6.97. The van der Waals surface area contributed by atoms with Crippen LogP contribution in [0.2, 0.25) is 0 Å². The Morgan fingerprint density at radius 2 is 1.95 bits per heavy atom. The lowest BCUT2D eigenvalue weighted by atomic mass is 10.0. The second-order valence-corrected chi connectivity index (χ2v) is 11.1. The number of pyridine rings is 2. The first-order valence-electron chi connectivity index (χ1n) is 14.3. The largest absolute Gasteiger partial charge is 0.461 e. The Hall–Kier alpha value is -4.05. The average Bonchev–Trinajstić information content (AvgIpc) is 3.62. The minimum atomic E-state index is -0.824. The number of hydrogen-bond acceptors (Lipinski definition) is 8. The first-order chi connectivity index (χ1) is 19.7. The van der Waals surface area contributed by atoms with Crippen LogP contribution in [0.3, 0.4) is 0 Å². The van der Waals surface area contributed by atoms with Gasteiger partial charge in [0.25, 0.3) is 5.56 Å². The minimum absolute atomic E-state index is 0.135. The Balaban J connectivity index is 1.43. The predicted molar refractivity (Wildman–Crippen MR) is 153 cm³/mol. The van der Waals surface area contributed by atoms with E-state index in [0.29, 0.717) is 29.9 Å². The zero-order valence-electron chi connectivity index (χ0n) is 23.7. The third-order valence-electron chi connectivity index (χ3n) is 7.59. The Kier molecular flexibility index (Phi) is 8.49. The molecule has 1 amide bonds. The van der Waals surface area contributed by atoms with E-state index >= 15 is 0 Å². The van der Waals surface area contributed by atoms with Crippen LogP contribution in [0.4, 0.5) is 0 Å². The standard InChI is InChI=1S/C31H36N4O6/c1-4-27(36)40-17-22-21(16-41-31(39)25(12-18(2)3)34-29(37)24-10-7-11-32-24)14-26-28-20(15-35(26)30(22)38)13-19-8-5-6-9-23(19)33-28/h5-6,8-9,13-14,18,24-25,32H,4,7,10-12,15-17H2,1-3H3,(H,34,37)/t24-,25-/m0/s1. The van der Waals surface area contributed by atoms with Gasteiger partial charge in [-0.05, 0) is 49.9 Å². The zero-order valence-corrected chi connectivity index (χ0v) is 23.7. The number of para-hydroxylation sites is 1. The number of nitrogens with zero attached hydrogens (tertiary/aromatic N) is 2. The molecule has 1 aromatic carbocycles. The van der Waals surface area contributed by atoms with E-state index in [-0.39, 0.29) is 48.6 Å². The lowest BCUT2D eigenvalue weighted by Gasteiger charge is -2.22. The molecule has 3 aromatic rings. The molecule has 0 unspecified atom stereocenters. The Labute approximate surface area is 238 Å². The number of fused-ring (bicyclic) bond motifs is 4. The first-order valence-corrected chi connectivity index (χ1v) is 14.3. The summed E-state index contributed by atoms with van der Waals surface area (Å²) >= 11 is 0. The molecule has 10 nitrogen and oxygen atoms in total. The highest BCUT2D eigenvalue weighted by Gasteiger charge is 2.30. The van der Waals surface area contributed by atoms with E-state index in [1.807, 2.05) is 44.2 Å². The molecule has 0 bridgehead atoms. The molecule has 5 rings (SSSR count). The maximum atomic E-state index is 13.7. The number of hydrogen-bond donors (Lipinski definition) is 2. The van der Waals surface area contributed by atoms with E-state index < -0.39 is 18.0 Å². The van der Waals surface area contributed by atoms with E-state index in [4.69, 9.17) is 14.5 Å². The highest BCUT2D eigenvalue weighted by Crippen LogP contribution is 2.32. The molecule has 0 aliphatic carbocycles. The van der Waals surface area contributed by atoms with Gasteiger partial charge in [-0.3, -0.25) is 14.4 Å². The number of ether oxygens (including phenoxy) is 2. The number of benzene rings is 1. The molecular formula is C31H36N4O6. The summed E-state index contributed by atoms with van der Waals surface area (Å²) in [6, 6.07) is 10.4. The van der Waals surface area contributed by atoms with Crippen LogP contribution < -0.4 is 16.2 Å². The molecule has 41 heavy (non-hydrogen) atoms. The second kappa shape index (κ2) is 12.2. The average molecular weight is 561 g/mol. The molecule has 1 saturated heterocycles. The van der Waals surface area contributed by atoms with Gasteiger partial charge in [0.15, 0.2) is 0 Å². The lowest BCUT2D eigenvalue weighted by Crippen LogP contribution is -2.49.